The van der Waals surface area contributed by atoms with Gasteiger partial charge in [-0.15, -0.1) is 0 Å². The molecule has 0 bridgehead atoms. The van der Waals surface area contributed by atoms with Crippen LogP contribution in [0.25, 0.3) is 10.8 Å². The molecule has 4 nitrogen and oxygen atoms in total. The van der Waals surface area contributed by atoms with Crippen molar-refractivity contribution in [1.82, 2.24) is 9.88 Å². The van der Waals surface area contributed by atoms with Gasteiger partial charge in [0.15, 0.2) is 0 Å². The number of nitrogens with one attached hydrogen (secondary N) is 1. The predicted molar refractivity (Wildman–Crippen MR) is 129 cm³/mol. The third-order valence-electron chi connectivity index (χ3n) is 6.16. The molecule has 1 saturated carbocycles. The van der Waals surface area contributed by atoms with E-state index in [1.54, 1.807) is 12.3 Å². The molecule has 4 aromatic rings. The molecule has 0 atom stereocenters. The van der Waals surface area contributed by atoms with Crippen molar-refractivity contribution in [1.29, 1.82) is 0 Å². The van der Waals surface area contributed by atoms with Gasteiger partial charge in [-0.3, -0.25) is 9.69 Å². The monoisotopic (exact) mass is 444 g/mol. The van der Waals surface area contributed by atoms with Gasteiger partial charge in [0.1, 0.15) is 11.9 Å². The maximum absolute atomic E-state index is 12.0. The molecule has 0 amide bonds. The number of ether oxygens (including phenoxy) is 1. The van der Waals surface area contributed by atoms with Crippen molar-refractivity contribution in [2.45, 2.75) is 38.1 Å². The first kappa shape index (κ1) is 20.8. The van der Waals surface area contributed by atoms with Crippen LogP contribution in [-0.2, 0) is 13.1 Å². The van der Waals surface area contributed by atoms with E-state index in [1.807, 2.05) is 12.1 Å². The van der Waals surface area contributed by atoms with Crippen LogP contribution in [0.15, 0.2) is 89.9 Å². The molecule has 1 heterocycles. The summed E-state index contributed by atoms with van der Waals surface area (Å²) in [6.07, 6.45) is 3.66. The van der Waals surface area contributed by atoms with Gasteiger partial charge in [-0.05, 0) is 34.7 Å². The van der Waals surface area contributed by atoms with E-state index < -0.39 is 0 Å². The van der Waals surface area contributed by atoms with Crippen molar-refractivity contribution in [3.05, 3.63) is 112 Å². The zero-order valence-electron chi connectivity index (χ0n) is 17.7. The maximum atomic E-state index is 12.0. The highest BCUT2D eigenvalue weighted by Crippen LogP contribution is 2.36. The van der Waals surface area contributed by atoms with Crippen LogP contribution in [0.3, 0.4) is 0 Å². The second-order valence-corrected chi connectivity index (χ2v) is 8.83. The van der Waals surface area contributed by atoms with Gasteiger partial charge in [-0.2, -0.15) is 0 Å². The van der Waals surface area contributed by atoms with Gasteiger partial charge in [0, 0.05) is 43.6 Å². The summed E-state index contributed by atoms with van der Waals surface area (Å²) in [6, 6.07) is 27.1. The molecule has 1 aromatic heterocycles. The number of aromatic nitrogens is 1. The lowest BCUT2D eigenvalue weighted by Gasteiger charge is -2.43. The molecule has 0 unspecified atom stereocenters. The number of hydrogen-bond acceptors (Lipinski definition) is 3. The van der Waals surface area contributed by atoms with Crippen molar-refractivity contribution in [2.75, 3.05) is 0 Å². The predicted octanol–water partition coefficient (Wildman–Crippen LogP) is 5.79. The molecule has 1 aliphatic rings. The standard InChI is InChI=1S/C27H25ClN2O2/c28-25-16-24-21(11-12-29-27(24)31)13-26(25)32-23-14-22(15-23)30(17-19-7-3-1-4-8-19)18-20-9-5-2-6-10-20/h1-13,16,22-23H,14-15,17-18H2,(H,29,31). The number of nitrogens with zero attached hydrogens (tertiary/aromatic N) is 1. The number of aromatic amines is 1. The largest absolute Gasteiger partial charge is 0.489 e. The molecule has 32 heavy (non-hydrogen) atoms. The zero-order chi connectivity index (χ0) is 21.9. The lowest BCUT2D eigenvalue weighted by Crippen LogP contribution is -2.48. The number of benzene rings is 3. The molecule has 1 N–H and O–H groups in total. The summed E-state index contributed by atoms with van der Waals surface area (Å²) < 4.78 is 6.24. The van der Waals surface area contributed by atoms with Crippen LogP contribution in [-0.4, -0.2) is 22.0 Å². The van der Waals surface area contributed by atoms with E-state index in [0.29, 0.717) is 22.2 Å². The van der Waals surface area contributed by atoms with Crippen LogP contribution < -0.4 is 10.3 Å². The second-order valence-electron chi connectivity index (χ2n) is 8.42. The Hall–Kier alpha value is -3.08. The Morgan fingerprint density at radius 3 is 2.16 bits per heavy atom. The van der Waals surface area contributed by atoms with Gasteiger partial charge in [0.2, 0.25) is 0 Å². The summed E-state index contributed by atoms with van der Waals surface area (Å²) in [4.78, 5) is 17.2. The molecule has 0 saturated heterocycles. The molecule has 0 aliphatic heterocycles. The fraction of sp³-hybridized carbons (Fsp3) is 0.222. The van der Waals surface area contributed by atoms with Crippen LogP contribution in [0.4, 0.5) is 0 Å². The maximum Gasteiger partial charge on any atom is 0.255 e. The molecular weight excluding hydrogens is 420 g/mol. The average Bonchev–Trinajstić information content (AvgIpc) is 2.78. The average molecular weight is 445 g/mol. The van der Waals surface area contributed by atoms with Crippen LogP contribution in [0.1, 0.15) is 24.0 Å². The quantitative estimate of drug-likeness (QED) is 0.392. The Labute approximate surface area is 192 Å². The highest BCUT2D eigenvalue weighted by atomic mass is 35.5. The summed E-state index contributed by atoms with van der Waals surface area (Å²) in [5, 5.41) is 1.88. The number of hydrogen-bond donors (Lipinski definition) is 1. The van der Waals surface area contributed by atoms with Crippen molar-refractivity contribution < 1.29 is 4.74 Å². The first-order valence-corrected chi connectivity index (χ1v) is 11.3. The summed E-state index contributed by atoms with van der Waals surface area (Å²) in [6.45, 7) is 1.82. The minimum absolute atomic E-state index is 0.117. The fourth-order valence-electron chi connectivity index (χ4n) is 4.34. The van der Waals surface area contributed by atoms with Crippen LogP contribution in [0, 0.1) is 0 Å². The van der Waals surface area contributed by atoms with E-state index in [2.05, 4.69) is 70.5 Å². The van der Waals surface area contributed by atoms with Crippen molar-refractivity contribution >= 4 is 22.4 Å². The summed E-state index contributed by atoms with van der Waals surface area (Å²) in [5.74, 6) is 0.644. The molecular formula is C27H25ClN2O2. The number of halogens is 1. The number of rotatable bonds is 7. The van der Waals surface area contributed by atoms with E-state index >= 15 is 0 Å². The van der Waals surface area contributed by atoms with Gasteiger partial charge in [-0.25, -0.2) is 0 Å². The van der Waals surface area contributed by atoms with Gasteiger partial charge < -0.3 is 9.72 Å². The van der Waals surface area contributed by atoms with Crippen LogP contribution in [0.2, 0.25) is 5.02 Å². The molecule has 5 heteroatoms. The Morgan fingerprint density at radius 1 is 0.906 bits per heavy atom. The van der Waals surface area contributed by atoms with Crippen molar-refractivity contribution in [2.24, 2.45) is 0 Å². The lowest BCUT2D eigenvalue weighted by molar-refractivity contribution is 0.00897. The van der Waals surface area contributed by atoms with Gasteiger partial charge in [0.05, 0.1) is 5.02 Å². The lowest BCUT2D eigenvalue weighted by atomic mass is 9.87. The van der Waals surface area contributed by atoms with Gasteiger partial charge in [-0.1, -0.05) is 72.3 Å². The summed E-state index contributed by atoms with van der Waals surface area (Å²) in [5.41, 5.74) is 2.49. The second kappa shape index (κ2) is 9.19. The minimum Gasteiger partial charge on any atom is -0.489 e. The molecule has 1 aliphatic carbocycles. The fourth-order valence-corrected chi connectivity index (χ4v) is 4.55. The molecule has 3 aromatic carbocycles. The van der Waals surface area contributed by atoms with E-state index in [4.69, 9.17) is 16.3 Å². The van der Waals surface area contributed by atoms with Crippen molar-refractivity contribution in [3.63, 3.8) is 0 Å². The van der Waals surface area contributed by atoms with E-state index in [-0.39, 0.29) is 11.7 Å². The number of H-pyrrole nitrogens is 1. The Balaban J connectivity index is 1.28. The first-order valence-electron chi connectivity index (χ1n) is 11.0. The highest BCUT2D eigenvalue weighted by molar-refractivity contribution is 6.32. The molecule has 0 spiro atoms. The SMILES string of the molecule is O=c1[nH]ccc2cc(OC3CC(N(Cc4ccccc4)Cc4ccccc4)C3)c(Cl)cc12. The highest BCUT2D eigenvalue weighted by Gasteiger charge is 2.35. The van der Waals surface area contributed by atoms with Gasteiger partial charge in [0.25, 0.3) is 5.56 Å². The molecule has 1 fully saturated rings. The molecule has 5 rings (SSSR count). The Kier molecular flexibility index (Phi) is 5.97. The van der Waals surface area contributed by atoms with Crippen molar-refractivity contribution in [3.8, 4) is 5.75 Å². The number of pyridine rings is 1. The normalized spacial score (nSPS) is 17.9. The van der Waals surface area contributed by atoms with Crippen LogP contribution >= 0.6 is 11.6 Å². The van der Waals surface area contributed by atoms with Gasteiger partial charge >= 0.3 is 0 Å². The molecule has 162 valence electrons. The van der Waals surface area contributed by atoms with E-state index in [0.717, 1.165) is 31.3 Å². The van der Waals surface area contributed by atoms with Crippen LogP contribution in [0.5, 0.6) is 5.75 Å². The minimum atomic E-state index is -0.142. The summed E-state index contributed by atoms with van der Waals surface area (Å²) >= 11 is 6.43. The topological polar surface area (TPSA) is 45.3 Å². The third kappa shape index (κ3) is 4.57. The first-order chi connectivity index (χ1) is 15.7. The number of fused-ring (bicyclic) bond motifs is 1. The van der Waals surface area contributed by atoms with E-state index in [1.165, 1.54) is 11.1 Å². The summed E-state index contributed by atoms with van der Waals surface area (Å²) in [7, 11) is 0. The third-order valence-corrected chi connectivity index (χ3v) is 6.46. The zero-order valence-corrected chi connectivity index (χ0v) is 18.5. The Morgan fingerprint density at radius 2 is 1.53 bits per heavy atom. The van der Waals surface area contributed by atoms with E-state index in [9.17, 15) is 4.79 Å². The smallest absolute Gasteiger partial charge is 0.255 e. The molecule has 0 radical (unpaired) electrons. The Bertz CT molecular complexity index is 1210.